The number of rotatable bonds is 8. The minimum Gasteiger partial charge on any atom is -0.497 e. The van der Waals surface area contributed by atoms with Gasteiger partial charge in [-0.2, -0.15) is 0 Å². The van der Waals surface area contributed by atoms with Crippen molar-refractivity contribution in [3.63, 3.8) is 0 Å². The molecule has 0 aliphatic heterocycles. The van der Waals surface area contributed by atoms with Gasteiger partial charge in [-0.05, 0) is 42.0 Å². The second-order valence-corrected chi connectivity index (χ2v) is 6.57. The third kappa shape index (κ3) is 4.99. The SMILES string of the molecule is COc1ccc(CNC(=O)NCCn2nc(-c3ccc(OC)cc3)n(C)c2=O)cc1. The number of nitrogens with one attached hydrogen (secondary N) is 2. The normalized spacial score (nSPS) is 10.5. The summed E-state index contributed by atoms with van der Waals surface area (Å²) < 4.78 is 13.1. The summed E-state index contributed by atoms with van der Waals surface area (Å²) >= 11 is 0. The van der Waals surface area contributed by atoms with Gasteiger partial charge in [0, 0.05) is 25.7 Å². The number of benzene rings is 2. The van der Waals surface area contributed by atoms with Gasteiger partial charge in [-0.1, -0.05) is 12.1 Å². The Morgan fingerprint density at radius 1 is 0.967 bits per heavy atom. The zero-order valence-corrected chi connectivity index (χ0v) is 17.2. The molecule has 3 rings (SSSR count). The van der Waals surface area contributed by atoms with Crippen molar-refractivity contribution in [3.05, 3.63) is 64.6 Å². The van der Waals surface area contributed by atoms with Crippen LogP contribution < -0.4 is 25.8 Å². The molecule has 2 amide bonds. The average molecular weight is 411 g/mol. The number of ether oxygens (including phenoxy) is 2. The lowest BCUT2D eigenvalue weighted by molar-refractivity contribution is 0.240. The molecule has 0 saturated heterocycles. The number of carbonyl (C=O) groups is 1. The number of carbonyl (C=O) groups excluding carboxylic acids is 1. The fraction of sp³-hybridized carbons (Fsp3) is 0.286. The fourth-order valence-electron chi connectivity index (χ4n) is 2.89. The molecule has 0 spiro atoms. The average Bonchev–Trinajstić information content (AvgIpc) is 3.06. The smallest absolute Gasteiger partial charge is 0.345 e. The summed E-state index contributed by atoms with van der Waals surface area (Å²) in [6.07, 6.45) is 0. The van der Waals surface area contributed by atoms with Crippen LogP contribution in [0.3, 0.4) is 0 Å². The molecule has 0 atom stereocenters. The quantitative estimate of drug-likeness (QED) is 0.589. The van der Waals surface area contributed by atoms with Gasteiger partial charge in [-0.3, -0.25) is 4.57 Å². The van der Waals surface area contributed by atoms with Gasteiger partial charge >= 0.3 is 11.7 Å². The number of hydrogen-bond donors (Lipinski definition) is 2. The van der Waals surface area contributed by atoms with Crippen LogP contribution in [0.2, 0.25) is 0 Å². The maximum atomic E-state index is 12.4. The maximum Gasteiger partial charge on any atom is 0.345 e. The third-order valence-corrected chi connectivity index (χ3v) is 4.61. The van der Waals surface area contributed by atoms with E-state index in [-0.39, 0.29) is 24.8 Å². The molecule has 0 bridgehead atoms. The molecule has 2 N–H and O–H groups in total. The third-order valence-electron chi connectivity index (χ3n) is 4.61. The highest BCUT2D eigenvalue weighted by Crippen LogP contribution is 2.19. The van der Waals surface area contributed by atoms with Crippen molar-refractivity contribution in [1.29, 1.82) is 0 Å². The van der Waals surface area contributed by atoms with Gasteiger partial charge in [0.05, 0.1) is 20.8 Å². The van der Waals surface area contributed by atoms with Crippen molar-refractivity contribution in [1.82, 2.24) is 25.0 Å². The molecule has 9 heteroatoms. The summed E-state index contributed by atoms with van der Waals surface area (Å²) in [7, 11) is 4.87. The van der Waals surface area contributed by atoms with Gasteiger partial charge in [-0.15, -0.1) is 5.10 Å². The maximum absolute atomic E-state index is 12.4. The van der Waals surface area contributed by atoms with E-state index in [2.05, 4.69) is 15.7 Å². The molecule has 0 saturated carbocycles. The van der Waals surface area contributed by atoms with Crippen LogP contribution in [0.5, 0.6) is 11.5 Å². The first-order chi connectivity index (χ1) is 14.5. The summed E-state index contributed by atoms with van der Waals surface area (Å²) in [5.41, 5.74) is 1.51. The molecule has 0 radical (unpaired) electrons. The Morgan fingerprint density at radius 2 is 1.57 bits per heavy atom. The number of aromatic nitrogens is 3. The molecule has 0 aliphatic rings. The van der Waals surface area contributed by atoms with Gasteiger partial charge in [0.25, 0.3) is 0 Å². The Morgan fingerprint density at radius 3 is 2.17 bits per heavy atom. The Labute approximate surface area is 174 Å². The Bertz CT molecular complexity index is 1040. The molecule has 0 aliphatic carbocycles. The Kier molecular flexibility index (Phi) is 6.74. The van der Waals surface area contributed by atoms with Gasteiger partial charge in [0.15, 0.2) is 5.82 Å². The van der Waals surface area contributed by atoms with E-state index in [4.69, 9.17) is 9.47 Å². The van der Waals surface area contributed by atoms with Gasteiger partial charge in [0.2, 0.25) is 0 Å². The van der Waals surface area contributed by atoms with E-state index >= 15 is 0 Å². The van der Waals surface area contributed by atoms with Crippen LogP contribution in [0.4, 0.5) is 4.79 Å². The monoisotopic (exact) mass is 411 g/mol. The van der Waals surface area contributed by atoms with Crippen molar-refractivity contribution in [2.45, 2.75) is 13.1 Å². The molecule has 1 heterocycles. The van der Waals surface area contributed by atoms with E-state index in [0.29, 0.717) is 12.4 Å². The largest absolute Gasteiger partial charge is 0.497 e. The van der Waals surface area contributed by atoms with Crippen LogP contribution in [-0.2, 0) is 20.1 Å². The summed E-state index contributed by atoms with van der Waals surface area (Å²) in [4.78, 5) is 24.4. The Balaban J connectivity index is 1.52. The lowest BCUT2D eigenvalue weighted by atomic mass is 10.2. The topological polar surface area (TPSA) is 99.4 Å². The van der Waals surface area contributed by atoms with Gasteiger partial charge in [-0.25, -0.2) is 14.3 Å². The van der Waals surface area contributed by atoms with E-state index in [1.807, 2.05) is 48.5 Å². The molecular formula is C21H25N5O4. The molecule has 3 aromatic rings. The summed E-state index contributed by atoms with van der Waals surface area (Å²) in [6.45, 7) is 0.924. The fourth-order valence-corrected chi connectivity index (χ4v) is 2.89. The van der Waals surface area contributed by atoms with Crippen LogP contribution in [0.1, 0.15) is 5.56 Å². The first-order valence-electron chi connectivity index (χ1n) is 9.44. The van der Waals surface area contributed by atoms with Crippen molar-refractivity contribution in [3.8, 4) is 22.9 Å². The second kappa shape index (κ2) is 9.64. The van der Waals surface area contributed by atoms with Gasteiger partial charge < -0.3 is 20.1 Å². The van der Waals surface area contributed by atoms with E-state index in [0.717, 1.165) is 22.6 Å². The first-order valence-corrected chi connectivity index (χ1v) is 9.44. The summed E-state index contributed by atoms with van der Waals surface area (Å²) in [6, 6.07) is 14.4. The standard InChI is InChI=1S/C21H25N5O4/c1-25-19(16-6-10-18(30-3)11-7-16)24-26(21(25)28)13-12-22-20(27)23-14-15-4-8-17(29-2)9-5-15/h4-11H,12-14H2,1-3H3,(H2,22,23,27). The first kappa shape index (κ1) is 21.0. The van der Waals surface area contributed by atoms with Crippen LogP contribution in [0.15, 0.2) is 53.3 Å². The van der Waals surface area contributed by atoms with Crippen molar-refractivity contribution < 1.29 is 14.3 Å². The lowest BCUT2D eigenvalue weighted by Crippen LogP contribution is -2.38. The van der Waals surface area contributed by atoms with E-state index < -0.39 is 0 Å². The highest BCUT2D eigenvalue weighted by atomic mass is 16.5. The minimum atomic E-state index is -0.315. The zero-order chi connectivity index (χ0) is 21.5. The molecule has 1 aromatic heterocycles. The summed E-state index contributed by atoms with van der Waals surface area (Å²) in [5, 5.41) is 9.89. The number of hydrogen-bond acceptors (Lipinski definition) is 5. The second-order valence-electron chi connectivity index (χ2n) is 6.57. The Hall–Kier alpha value is -3.75. The molecule has 30 heavy (non-hydrogen) atoms. The molecule has 2 aromatic carbocycles. The zero-order valence-electron chi connectivity index (χ0n) is 17.2. The van der Waals surface area contributed by atoms with Gasteiger partial charge in [0.1, 0.15) is 11.5 Å². The van der Waals surface area contributed by atoms with Crippen molar-refractivity contribution >= 4 is 6.03 Å². The van der Waals surface area contributed by atoms with Crippen LogP contribution in [-0.4, -0.2) is 41.1 Å². The molecule has 0 unspecified atom stereocenters. The predicted octanol–water partition coefficient (Wildman–Crippen LogP) is 1.77. The van der Waals surface area contributed by atoms with Crippen LogP contribution >= 0.6 is 0 Å². The predicted molar refractivity (Wildman–Crippen MR) is 113 cm³/mol. The molecular weight excluding hydrogens is 386 g/mol. The summed E-state index contributed by atoms with van der Waals surface area (Å²) in [5.74, 6) is 2.04. The highest BCUT2D eigenvalue weighted by Gasteiger charge is 2.12. The van der Waals surface area contributed by atoms with Crippen LogP contribution in [0.25, 0.3) is 11.4 Å². The van der Waals surface area contributed by atoms with Crippen molar-refractivity contribution in [2.24, 2.45) is 7.05 Å². The van der Waals surface area contributed by atoms with E-state index in [1.165, 1.54) is 9.25 Å². The molecule has 9 nitrogen and oxygen atoms in total. The van der Waals surface area contributed by atoms with E-state index in [9.17, 15) is 9.59 Å². The van der Waals surface area contributed by atoms with Crippen LogP contribution in [0, 0.1) is 0 Å². The number of nitrogens with zero attached hydrogens (tertiary/aromatic N) is 3. The van der Waals surface area contributed by atoms with E-state index in [1.54, 1.807) is 21.3 Å². The molecule has 0 fully saturated rings. The number of methoxy groups -OCH3 is 2. The minimum absolute atomic E-state index is 0.249. The van der Waals surface area contributed by atoms with Crippen molar-refractivity contribution in [2.75, 3.05) is 20.8 Å². The molecule has 158 valence electrons. The highest BCUT2D eigenvalue weighted by molar-refractivity contribution is 5.73. The number of amides is 2. The lowest BCUT2D eigenvalue weighted by Gasteiger charge is -2.08. The number of urea groups is 1.